The van der Waals surface area contributed by atoms with Gasteiger partial charge in [0.05, 0.1) is 0 Å². The molecule has 0 aliphatic carbocycles. The summed E-state index contributed by atoms with van der Waals surface area (Å²) >= 11 is 1.76. The Morgan fingerprint density at radius 2 is 2.05 bits per heavy atom. The highest BCUT2D eigenvalue weighted by Gasteiger charge is 1.99. The van der Waals surface area contributed by atoms with Gasteiger partial charge in [-0.25, -0.2) is 0 Å². The van der Waals surface area contributed by atoms with Gasteiger partial charge in [0.1, 0.15) is 0 Å². The van der Waals surface area contributed by atoms with Crippen LogP contribution in [0.1, 0.15) is 21.6 Å². The van der Waals surface area contributed by atoms with E-state index >= 15 is 0 Å². The number of halogens is 1. The summed E-state index contributed by atoms with van der Waals surface area (Å²) in [4.78, 5) is 5.71. The first-order chi connectivity index (χ1) is 10.1. The Labute approximate surface area is 154 Å². The molecule has 1 heterocycles. The van der Waals surface area contributed by atoms with E-state index in [4.69, 9.17) is 5.73 Å². The maximum Gasteiger partial charge on any atom is 0.188 e. The fourth-order valence-corrected chi connectivity index (χ4v) is 2.95. The highest BCUT2D eigenvalue weighted by Crippen LogP contribution is 2.10. The van der Waals surface area contributed by atoms with Crippen LogP contribution in [0.5, 0.6) is 0 Å². The number of hydrogen-bond acceptors (Lipinski definition) is 2. The monoisotopic (exact) mass is 429 g/mol. The number of rotatable bonds is 6. The molecule has 0 saturated heterocycles. The quantitative estimate of drug-likeness (QED) is 0.418. The summed E-state index contributed by atoms with van der Waals surface area (Å²) in [6.45, 7) is 5.83. The zero-order valence-electron chi connectivity index (χ0n) is 13.1. The first-order valence-electron chi connectivity index (χ1n) is 7.27. The Morgan fingerprint density at radius 1 is 1.23 bits per heavy atom. The minimum atomic E-state index is 0. The number of hydrogen-bond donors (Lipinski definition) is 2. The number of nitrogens with two attached hydrogens (primary N) is 1. The smallest absolute Gasteiger partial charge is 0.188 e. The molecule has 22 heavy (non-hydrogen) atoms. The average Bonchev–Trinajstić information content (AvgIpc) is 2.94. The summed E-state index contributed by atoms with van der Waals surface area (Å²) < 4.78 is 0. The Morgan fingerprint density at radius 3 is 2.73 bits per heavy atom. The van der Waals surface area contributed by atoms with Crippen LogP contribution in [0, 0.1) is 13.8 Å². The normalized spacial score (nSPS) is 11.1. The van der Waals surface area contributed by atoms with Gasteiger partial charge in [0.2, 0.25) is 0 Å². The molecule has 5 heteroatoms. The molecule has 120 valence electrons. The van der Waals surface area contributed by atoms with Crippen LogP contribution < -0.4 is 11.1 Å². The van der Waals surface area contributed by atoms with Gasteiger partial charge in [-0.15, -0.1) is 35.3 Å². The lowest BCUT2D eigenvalue weighted by Gasteiger charge is -2.08. The summed E-state index contributed by atoms with van der Waals surface area (Å²) in [6, 6.07) is 10.8. The second kappa shape index (κ2) is 9.84. The third kappa shape index (κ3) is 6.36. The molecular weight excluding hydrogens is 405 g/mol. The minimum absolute atomic E-state index is 0. The fraction of sp³-hybridized carbons (Fsp3) is 0.353. The van der Waals surface area contributed by atoms with Gasteiger partial charge >= 0.3 is 0 Å². The van der Waals surface area contributed by atoms with Crippen molar-refractivity contribution in [1.29, 1.82) is 0 Å². The van der Waals surface area contributed by atoms with Crippen molar-refractivity contribution in [2.45, 2.75) is 26.7 Å². The van der Waals surface area contributed by atoms with Crippen LogP contribution in [0.3, 0.4) is 0 Å². The van der Waals surface area contributed by atoms with Gasteiger partial charge in [-0.3, -0.25) is 4.99 Å². The molecule has 2 aromatic rings. The molecule has 0 radical (unpaired) electrons. The number of guanidine groups is 1. The highest BCUT2D eigenvalue weighted by molar-refractivity contribution is 14.0. The van der Waals surface area contributed by atoms with Crippen LogP contribution in [0.2, 0.25) is 0 Å². The van der Waals surface area contributed by atoms with Crippen LogP contribution >= 0.6 is 35.3 Å². The summed E-state index contributed by atoms with van der Waals surface area (Å²) in [5, 5.41) is 5.27. The SMILES string of the molecule is Cc1ccc(CCNC(N)=NCCc2cccs2)c(C)c1.I. The molecule has 0 aliphatic heterocycles. The first-order valence-corrected chi connectivity index (χ1v) is 8.15. The number of aliphatic imine (C=N–C) groups is 1. The lowest BCUT2D eigenvalue weighted by molar-refractivity contribution is 0.841. The number of thiophene rings is 1. The Kier molecular flexibility index (Phi) is 8.48. The summed E-state index contributed by atoms with van der Waals surface area (Å²) in [7, 11) is 0. The molecule has 1 aromatic carbocycles. The number of benzene rings is 1. The van der Waals surface area contributed by atoms with E-state index in [1.165, 1.54) is 21.6 Å². The van der Waals surface area contributed by atoms with Crippen LogP contribution in [0.15, 0.2) is 40.7 Å². The van der Waals surface area contributed by atoms with Crippen molar-refractivity contribution in [3.05, 3.63) is 57.3 Å². The van der Waals surface area contributed by atoms with E-state index in [-0.39, 0.29) is 24.0 Å². The first kappa shape index (κ1) is 19.0. The van der Waals surface area contributed by atoms with Crippen molar-refractivity contribution < 1.29 is 0 Å². The summed E-state index contributed by atoms with van der Waals surface area (Å²) in [5.74, 6) is 0.538. The summed E-state index contributed by atoms with van der Waals surface area (Å²) in [6.07, 6.45) is 1.92. The third-order valence-corrected chi connectivity index (χ3v) is 4.36. The molecule has 3 N–H and O–H groups in total. The molecule has 0 bridgehead atoms. The van der Waals surface area contributed by atoms with Crippen LogP contribution in [-0.4, -0.2) is 19.0 Å². The van der Waals surface area contributed by atoms with E-state index in [0.717, 1.165) is 25.9 Å². The molecule has 0 amide bonds. The van der Waals surface area contributed by atoms with Crippen molar-refractivity contribution in [2.24, 2.45) is 10.7 Å². The lowest BCUT2D eigenvalue weighted by atomic mass is 10.0. The maximum absolute atomic E-state index is 5.88. The van der Waals surface area contributed by atoms with E-state index in [1.807, 2.05) is 0 Å². The van der Waals surface area contributed by atoms with Gasteiger partial charge in [-0.1, -0.05) is 29.8 Å². The predicted octanol–water partition coefficient (Wildman–Crippen LogP) is 3.67. The number of aryl methyl sites for hydroxylation is 2. The van der Waals surface area contributed by atoms with Crippen LogP contribution in [-0.2, 0) is 12.8 Å². The van der Waals surface area contributed by atoms with Crippen molar-refractivity contribution >= 4 is 41.3 Å². The molecule has 0 unspecified atom stereocenters. The van der Waals surface area contributed by atoms with Gasteiger partial charge in [0.25, 0.3) is 0 Å². The maximum atomic E-state index is 5.88. The Hall–Kier alpha value is -1.08. The van der Waals surface area contributed by atoms with Gasteiger partial charge < -0.3 is 11.1 Å². The van der Waals surface area contributed by atoms with E-state index in [9.17, 15) is 0 Å². The Balaban J connectivity index is 0.00000242. The van der Waals surface area contributed by atoms with Gasteiger partial charge in [-0.2, -0.15) is 0 Å². The molecule has 0 atom stereocenters. The van der Waals surface area contributed by atoms with Crippen molar-refractivity contribution in [3.8, 4) is 0 Å². The zero-order chi connectivity index (χ0) is 15.1. The molecule has 1 aromatic heterocycles. The Bertz CT molecular complexity index is 594. The summed E-state index contributed by atoms with van der Waals surface area (Å²) in [5.41, 5.74) is 9.88. The van der Waals surface area contributed by atoms with E-state index in [0.29, 0.717) is 5.96 Å². The van der Waals surface area contributed by atoms with Crippen molar-refractivity contribution in [3.63, 3.8) is 0 Å². The van der Waals surface area contributed by atoms with Gasteiger partial charge in [0, 0.05) is 24.4 Å². The predicted molar refractivity (Wildman–Crippen MR) is 108 cm³/mol. The van der Waals surface area contributed by atoms with Gasteiger partial charge in [0.15, 0.2) is 5.96 Å². The molecular formula is C17H24IN3S. The van der Waals surface area contributed by atoms with E-state index < -0.39 is 0 Å². The number of nitrogens with one attached hydrogen (secondary N) is 1. The average molecular weight is 429 g/mol. The van der Waals surface area contributed by atoms with E-state index in [2.05, 4.69) is 59.9 Å². The van der Waals surface area contributed by atoms with Crippen LogP contribution in [0.4, 0.5) is 0 Å². The molecule has 0 fully saturated rings. The highest BCUT2D eigenvalue weighted by atomic mass is 127. The minimum Gasteiger partial charge on any atom is -0.370 e. The number of nitrogens with zero attached hydrogens (tertiary/aromatic N) is 1. The largest absolute Gasteiger partial charge is 0.370 e. The van der Waals surface area contributed by atoms with Crippen molar-refractivity contribution in [1.82, 2.24) is 5.32 Å². The molecule has 0 spiro atoms. The molecule has 0 saturated carbocycles. The van der Waals surface area contributed by atoms with E-state index in [1.54, 1.807) is 11.3 Å². The topological polar surface area (TPSA) is 50.4 Å². The standard InChI is InChI=1S/C17H23N3S.HI/c1-13-5-6-15(14(2)12-13)7-9-19-17(18)20-10-8-16-4-3-11-21-16;/h3-6,11-12H,7-10H2,1-2H3,(H3,18,19,20);1H. The molecule has 3 nitrogen and oxygen atoms in total. The third-order valence-electron chi connectivity index (χ3n) is 3.42. The van der Waals surface area contributed by atoms with Gasteiger partial charge in [-0.05, 0) is 42.8 Å². The molecule has 0 aliphatic rings. The molecule has 2 rings (SSSR count). The van der Waals surface area contributed by atoms with Crippen LogP contribution in [0.25, 0.3) is 0 Å². The van der Waals surface area contributed by atoms with Crippen molar-refractivity contribution in [2.75, 3.05) is 13.1 Å². The lowest BCUT2D eigenvalue weighted by Crippen LogP contribution is -2.33. The second-order valence-electron chi connectivity index (χ2n) is 5.20. The fourth-order valence-electron chi connectivity index (χ4n) is 2.25. The zero-order valence-corrected chi connectivity index (χ0v) is 16.3. The second-order valence-corrected chi connectivity index (χ2v) is 6.24.